The smallest absolute Gasteiger partial charge is 0.213 e. The summed E-state index contributed by atoms with van der Waals surface area (Å²) in [6.45, 7) is 2.84. The van der Waals surface area contributed by atoms with E-state index in [0.717, 1.165) is 23.1 Å². The third kappa shape index (κ3) is 2.65. The second-order valence-corrected chi connectivity index (χ2v) is 5.96. The number of anilines is 1. The molecule has 0 bridgehead atoms. The monoisotopic (exact) mass is 267 g/mol. The Balaban J connectivity index is 2.52. The van der Waals surface area contributed by atoms with Crippen molar-refractivity contribution in [1.29, 1.82) is 0 Å². The van der Waals surface area contributed by atoms with Crippen LogP contribution in [0.15, 0.2) is 24.4 Å². The summed E-state index contributed by atoms with van der Waals surface area (Å²) in [6, 6.07) is 5.58. The molecule has 0 spiro atoms. The SMILES string of the molecule is CCNc1cn(C)c2ccc(CS(N)(=O)=O)cc12. The number of nitrogens with zero attached hydrogens (tertiary/aromatic N) is 1. The van der Waals surface area contributed by atoms with Crippen molar-refractivity contribution in [2.45, 2.75) is 12.7 Å². The number of benzene rings is 1. The Hall–Kier alpha value is -1.53. The average molecular weight is 267 g/mol. The molecule has 0 saturated heterocycles. The number of aromatic nitrogens is 1. The van der Waals surface area contributed by atoms with Crippen LogP contribution in [0.5, 0.6) is 0 Å². The quantitative estimate of drug-likeness (QED) is 0.879. The van der Waals surface area contributed by atoms with E-state index in [0.29, 0.717) is 5.56 Å². The number of primary sulfonamides is 1. The Bertz CT molecular complexity index is 674. The number of nitrogens with one attached hydrogen (secondary N) is 1. The topological polar surface area (TPSA) is 77.1 Å². The van der Waals surface area contributed by atoms with Crippen LogP contribution in [-0.4, -0.2) is 19.5 Å². The fourth-order valence-electron chi connectivity index (χ4n) is 2.09. The molecule has 0 atom stereocenters. The molecule has 0 radical (unpaired) electrons. The molecule has 0 aliphatic carbocycles. The van der Waals surface area contributed by atoms with Crippen molar-refractivity contribution < 1.29 is 8.42 Å². The predicted octanol–water partition coefficient (Wildman–Crippen LogP) is 1.40. The molecule has 2 aromatic rings. The third-order valence-electron chi connectivity index (χ3n) is 2.79. The second kappa shape index (κ2) is 4.62. The maximum Gasteiger partial charge on any atom is 0.213 e. The summed E-state index contributed by atoms with van der Waals surface area (Å²) < 4.78 is 24.2. The van der Waals surface area contributed by atoms with Crippen LogP contribution in [0.3, 0.4) is 0 Å². The highest BCUT2D eigenvalue weighted by molar-refractivity contribution is 7.88. The Labute approximate surface area is 107 Å². The zero-order valence-electron chi connectivity index (χ0n) is 10.5. The van der Waals surface area contributed by atoms with Gasteiger partial charge in [-0.3, -0.25) is 0 Å². The molecule has 0 amide bonds. The predicted molar refractivity (Wildman–Crippen MR) is 73.9 cm³/mol. The van der Waals surface area contributed by atoms with E-state index in [4.69, 9.17) is 5.14 Å². The van der Waals surface area contributed by atoms with Crippen molar-refractivity contribution >= 4 is 26.6 Å². The molecule has 1 heterocycles. The van der Waals surface area contributed by atoms with Crippen LogP contribution in [0.4, 0.5) is 5.69 Å². The lowest BCUT2D eigenvalue weighted by Crippen LogP contribution is -2.14. The highest BCUT2D eigenvalue weighted by Gasteiger charge is 2.10. The minimum Gasteiger partial charge on any atom is -0.384 e. The van der Waals surface area contributed by atoms with Crippen LogP contribution < -0.4 is 10.5 Å². The van der Waals surface area contributed by atoms with Crippen molar-refractivity contribution in [2.24, 2.45) is 12.2 Å². The van der Waals surface area contributed by atoms with Gasteiger partial charge in [0.25, 0.3) is 0 Å². The summed E-state index contributed by atoms with van der Waals surface area (Å²) in [4.78, 5) is 0. The van der Waals surface area contributed by atoms with Gasteiger partial charge in [0.1, 0.15) is 0 Å². The summed E-state index contributed by atoms with van der Waals surface area (Å²) in [6.07, 6.45) is 1.99. The molecule has 1 aromatic carbocycles. The van der Waals surface area contributed by atoms with E-state index in [1.54, 1.807) is 6.07 Å². The molecule has 18 heavy (non-hydrogen) atoms. The van der Waals surface area contributed by atoms with Crippen LogP contribution in [-0.2, 0) is 22.8 Å². The summed E-state index contributed by atoms with van der Waals surface area (Å²) in [5.74, 6) is -0.136. The molecule has 5 nitrogen and oxygen atoms in total. The Kier molecular flexibility index (Phi) is 3.32. The molecule has 0 unspecified atom stereocenters. The lowest BCUT2D eigenvalue weighted by molar-refractivity contribution is 0.597. The van der Waals surface area contributed by atoms with Gasteiger partial charge in [-0.15, -0.1) is 0 Å². The number of rotatable bonds is 4. The van der Waals surface area contributed by atoms with Gasteiger partial charge in [0.15, 0.2) is 0 Å². The van der Waals surface area contributed by atoms with Gasteiger partial charge in [0.2, 0.25) is 10.0 Å². The Morgan fingerprint density at radius 2 is 2.11 bits per heavy atom. The fraction of sp³-hybridized carbons (Fsp3) is 0.333. The van der Waals surface area contributed by atoms with Crippen LogP contribution >= 0.6 is 0 Å². The van der Waals surface area contributed by atoms with E-state index in [2.05, 4.69) is 5.32 Å². The van der Waals surface area contributed by atoms with E-state index < -0.39 is 10.0 Å². The summed E-state index contributed by atoms with van der Waals surface area (Å²) in [5.41, 5.74) is 2.77. The zero-order valence-corrected chi connectivity index (χ0v) is 11.3. The maximum absolute atomic E-state index is 11.1. The third-order valence-corrected chi connectivity index (χ3v) is 3.52. The molecule has 0 saturated carbocycles. The van der Waals surface area contributed by atoms with Crippen LogP contribution in [0, 0.1) is 0 Å². The van der Waals surface area contributed by atoms with E-state index in [9.17, 15) is 8.42 Å². The zero-order chi connectivity index (χ0) is 13.3. The number of aryl methyl sites for hydroxylation is 1. The first kappa shape index (κ1) is 12.9. The molecule has 6 heteroatoms. The Morgan fingerprint density at radius 1 is 1.39 bits per heavy atom. The standard InChI is InChI=1S/C12H17N3O2S/c1-3-14-11-7-15(2)12-5-4-9(6-10(11)12)8-18(13,16)17/h4-7,14H,3,8H2,1-2H3,(H2,13,16,17). The van der Waals surface area contributed by atoms with Crippen molar-refractivity contribution in [2.75, 3.05) is 11.9 Å². The minimum atomic E-state index is -3.49. The van der Waals surface area contributed by atoms with E-state index in [1.165, 1.54) is 0 Å². The first-order chi connectivity index (χ1) is 8.40. The largest absolute Gasteiger partial charge is 0.384 e. The normalized spacial score (nSPS) is 11.9. The molecule has 98 valence electrons. The number of hydrogen-bond donors (Lipinski definition) is 2. The molecule has 0 aliphatic rings. The van der Waals surface area contributed by atoms with Crippen LogP contribution in [0.1, 0.15) is 12.5 Å². The summed E-state index contributed by atoms with van der Waals surface area (Å²) in [5, 5.41) is 9.34. The molecule has 0 aliphatic heterocycles. The molecule has 1 aromatic heterocycles. The second-order valence-electron chi connectivity index (χ2n) is 4.34. The van der Waals surface area contributed by atoms with Gasteiger partial charge in [-0.25, -0.2) is 13.6 Å². The van der Waals surface area contributed by atoms with Crippen molar-refractivity contribution in [3.05, 3.63) is 30.0 Å². The van der Waals surface area contributed by atoms with Crippen molar-refractivity contribution in [1.82, 2.24) is 4.57 Å². The number of sulfonamides is 1. The number of hydrogen-bond acceptors (Lipinski definition) is 3. The highest BCUT2D eigenvalue weighted by atomic mass is 32.2. The molecule has 0 fully saturated rings. The molecular weight excluding hydrogens is 250 g/mol. The van der Waals surface area contributed by atoms with Crippen LogP contribution in [0.2, 0.25) is 0 Å². The van der Waals surface area contributed by atoms with Gasteiger partial charge in [0, 0.05) is 30.7 Å². The molecule has 2 rings (SSSR count). The first-order valence-electron chi connectivity index (χ1n) is 5.73. The van der Waals surface area contributed by atoms with Gasteiger partial charge in [-0.2, -0.15) is 0 Å². The van der Waals surface area contributed by atoms with E-state index in [-0.39, 0.29) is 5.75 Å². The lowest BCUT2D eigenvalue weighted by atomic mass is 10.1. The van der Waals surface area contributed by atoms with Gasteiger partial charge in [-0.05, 0) is 24.6 Å². The lowest BCUT2D eigenvalue weighted by Gasteiger charge is -2.03. The minimum absolute atomic E-state index is 0.136. The maximum atomic E-state index is 11.1. The summed E-state index contributed by atoms with van der Waals surface area (Å²) >= 11 is 0. The van der Waals surface area contributed by atoms with Gasteiger partial charge in [0.05, 0.1) is 11.4 Å². The Morgan fingerprint density at radius 3 is 2.72 bits per heavy atom. The van der Waals surface area contributed by atoms with Crippen LogP contribution in [0.25, 0.3) is 10.9 Å². The van der Waals surface area contributed by atoms with Gasteiger partial charge >= 0.3 is 0 Å². The highest BCUT2D eigenvalue weighted by Crippen LogP contribution is 2.26. The van der Waals surface area contributed by atoms with E-state index >= 15 is 0 Å². The molecular formula is C12H17N3O2S. The average Bonchev–Trinajstić information content (AvgIpc) is 2.54. The number of fused-ring (bicyclic) bond motifs is 1. The van der Waals surface area contributed by atoms with E-state index in [1.807, 2.05) is 36.9 Å². The van der Waals surface area contributed by atoms with Gasteiger partial charge < -0.3 is 9.88 Å². The van der Waals surface area contributed by atoms with Crippen molar-refractivity contribution in [3.63, 3.8) is 0 Å². The van der Waals surface area contributed by atoms with Gasteiger partial charge in [-0.1, -0.05) is 6.07 Å². The first-order valence-corrected chi connectivity index (χ1v) is 7.44. The molecule has 3 N–H and O–H groups in total. The van der Waals surface area contributed by atoms with Crippen molar-refractivity contribution in [3.8, 4) is 0 Å². The summed E-state index contributed by atoms with van der Waals surface area (Å²) in [7, 11) is -1.53. The number of nitrogens with two attached hydrogens (primary N) is 1. The fourth-order valence-corrected chi connectivity index (χ4v) is 2.74.